The van der Waals surface area contributed by atoms with Crippen LogP contribution in [0.2, 0.25) is 0 Å². The van der Waals surface area contributed by atoms with Crippen molar-refractivity contribution in [2.75, 3.05) is 58.4 Å². The molecule has 3 heterocycles. The molecule has 0 radical (unpaired) electrons. The standard InChI is InChI=1S/C22H30N4O4S/c1-17(24-11-13-25(14-12-24)21-9-4-5-10-23-21)15-26-16-19(30-3)22-18(29-2)7-6-8-20(22)31(26,27)28/h4-10,17,19H,11-16H2,1-3H3. The van der Waals surface area contributed by atoms with Crippen LogP contribution < -0.4 is 9.64 Å². The summed E-state index contributed by atoms with van der Waals surface area (Å²) in [6, 6.07) is 11.2. The van der Waals surface area contributed by atoms with E-state index in [0.717, 1.165) is 32.0 Å². The quantitative estimate of drug-likeness (QED) is 0.672. The molecule has 9 heteroatoms. The van der Waals surface area contributed by atoms with E-state index in [2.05, 4.69) is 21.7 Å². The number of anilines is 1. The lowest BCUT2D eigenvalue weighted by atomic mass is 10.1. The summed E-state index contributed by atoms with van der Waals surface area (Å²) in [5.74, 6) is 1.54. The van der Waals surface area contributed by atoms with Crippen molar-refractivity contribution in [3.05, 3.63) is 48.2 Å². The fraction of sp³-hybridized carbons (Fsp3) is 0.500. The molecule has 1 aromatic heterocycles. The molecular formula is C22H30N4O4S. The number of hydrogen-bond acceptors (Lipinski definition) is 7. The van der Waals surface area contributed by atoms with Gasteiger partial charge in [0.25, 0.3) is 0 Å². The maximum Gasteiger partial charge on any atom is 0.243 e. The van der Waals surface area contributed by atoms with Gasteiger partial charge in [-0.05, 0) is 31.2 Å². The lowest BCUT2D eigenvalue weighted by Gasteiger charge is -2.41. The Balaban J connectivity index is 1.47. The molecule has 168 valence electrons. The second kappa shape index (κ2) is 9.12. The van der Waals surface area contributed by atoms with E-state index in [0.29, 0.717) is 17.9 Å². The van der Waals surface area contributed by atoms with Crippen molar-refractivity contribution in [1.82, 2.24) is 14.2 Å². The molecule has 0 aliphatic carbocycles. The van der Waals surface area contributed by atoms with Crippen LogP contribution in [0.1, 0.15) is 18.6 Å². The molecule has 2 aliphatic rings. The number of piperazine rings is 1. The summed E-state index contributed by atoms with van der Waals surface area (Å²) in [7, 11) is -0.462. The Labute approximate surface area is 184 Å². The van der Waals surface area contributed by atoms with Gasteiger partial charge in [0.05, 0.1) is 12.0 Å². The molecule has 1 saturated heterocycles. The highest BCUT2D eigenvalue weighted by Crippen LogP contribution is 2.39. The predicted molar refractivity (Wildman–Crippen MR) is 119 cm³/mol. The number of benzene rings is 1. The Kier molecular flexibility index (Phi) is 6.47. The van der Waals surface area contributed by atoms with E-state index in [1.54, 1.807) is 36.7 Å². The van der Waals surface area contributed by atoms with Gasteiger partial charge in [0.1, 0.15) is 17.7 Å². The van der Waals surface area contributed by atoms with Crippen LogP contribution in [-0.2, 0) is 14.8 Å². The molecule has 0 saturated carbocycles. The Morgan fingerprint density at radius 2 is 1.87 bits per heavy atom. The largest absolute Gasteiger partial charge is 0.496 e. The van der Waals surface area contributed by atoms with Gasteiger partial charge in [-0.25, -0.2) is 13.4 Å². The fourth-order valence-corrected chi connectivity index (χ4v) is 6.25. The van der Waals surface area contributed by atoms with E-state index in [-0.39, 0.29) is 23.6 Å². The zero-order valence-corrected chi connectivity index (χ0v) is 19.1. The molecule has 2 unspecified atom stereocenters. The van der Waals surface area contributed by atoms with Crippen LogP contribution in [0.15, 0.2) is 47.5 Å². The number of hydrogen-bond donors (Lipinski definition) is 0. The predicted octanol–water partition coefficient (Wildman–Crippen LogP) is 1.99. The summed E-state index contributed by atoms with van der Waals surface area (Å²) in [5, 5.41) is 0. The topological polar surface area (TPSA) is 75.2 Å². The molecule has 2 atom stereocenters. The molecule has 0 bridgehead atoms. The third kappa shape index (κ3) is 4.27. The minimum absolute atomic E-state index is 0.0883. The van der Waals surface area contributed by atoms with Crippen LogP contribution in [0, 0.1) is 0 Å². The molecule has 0 N–H and O–H groups in total. The highest BCUT2D eigenvalue weighted by molar-refractivity contribution is 7.89. The second-order valence-corrected chi connectivity index (χ2v) is 9.88. The van der Waals surface area contributed by atoms with Crippen LogP contribution in [0.25, 0.3) is 0 Å². The molecule has 2 aliphatic heterocycles. The van der Waals surface area contributed by atoms with E-state index in [4.69, 9.17) is 9.47 Å². The first-order chi connectivity index (χ1) is 15.0. The number of ether oxygens (including phenoxy) is 2. The zero-order chi connectivity index (χ0) is 22.0. The summed E-state index contributed by atoms with van der Waals surface area (Å²) < 4.78 is 39.4. The number of methoxy groups -OCH3 is 2. The van der Waals surface area contributed by atoms with Crippen molar-refractivity contribution >= 4 is 15.8 Å². The Morgan fingerprint density at radius 3 is 2.52 bits per heavy atom. The van der Waals surface area contributed by atoms with Gasteiger partial charge in [-0.2, -0.15) is 4.31 Å². The van der Waals surface area contributed by atoms with Gasteiger partial charge >= 0.3 is 0 Å². The third-order valence-electron chi connectivity index (χ3n) is 6.22. The van der Waals surface area contributed by atoms with Gasteiger partial charge in [0, 0.05) is 64.2 Å². The summed E-state index contributed by atoms with van der Waals surface area (Å²) >= 11 is 0. The van der Waals surface area contributed by atoms with Crippen molar-refractivity contribution < 1.29 is 17.9 Å². The normalized spacial score (nSPS) is 22.7. The van der Waals surface area contributed by atoms with Gasteiger partial charge in [0.2, 0.25) is 10.0 Å². The second-order valence-electron chi connectivity index (χ2n) is 7.98. The van der Waals surface area contributed by atoms with Gasteiger partial charge < -0.3 is 14.4 Å². The minimum atomic E-state index is -3.62. The molecule has 0 amide bonds. The number of sulfonamides is 1. The highest BCUT2D eigenvalue weighted by Gasteiger charge is 2.40. The van der Waals surface area contributed by atoms with Crippen molar-refractivity contribution in [1.29, 1.82) is 0 Å². The van der Waals surface area contributed by atoms with E-state index >= 15 is 0 Å². The van der Waals surface area contributed by atoms with Crippen LogP contribution >= 0.6 is 0 Å². The first kappa shape index (κ1) is 22.0. The molecule has 31 heavy (non-hydrogen) atoms. The molecule has 0 spiro atoms. The van der Waals surface area contributed by atoms with Crippen molar-refractivity contribution in [2.45, 2.75) is 24.0 Å². The van der Waals surface area contributed by atoms with Crippen LogP contribution in [0.4, 0.5) is 5.82 Å². The third-order valence-corrected chi connectivity index (χ3v) is 8.11. The smallest absolute Gasteiger partial charge is 0.243 e. The summed E-state index contributed by atoms with van der Waals surface area (Å²) in [6.07, 6.45) is 1.45. The maximum atomic E-state index is 13.4. The number of nitrogens with zero attached hydrogens (tertiary/aromatic N) is 4. The zero-order valence-electron chi connectivity index (χ0n) is 18.3. The Morgan fingerprint density at radius 1 is 1.10 bits per heavy atom. The van der Waals surface area contributed by atoms with E-state index < -0.39 is 10.0 Å². The van der Waals surface area contributed by atoms with Crippen LogP contribution in [0.5, 0.6) is 5.75 Å². The van der Waals surface area contributed by atoms with Crippen molar-refractivity contribution in [3.63, 3.8) is 0 Å². The monoisotopic (exact) mass is 446 g/mol. The van der Waals surface area contributed by atoms with Gasteiger partial charge in [0.15, 0.2) is 0 Å². The van der Waals surface area contributed by atoms with Crippen LogP contribution in [-0.4, -0.2) is 82.1 Å². The molecule has 4 rings (SSSR count). The Bertz CT molecular complexity index is 994. The summed E-state index contributed by atoms with van der Waals surface area (Å²) in [4.78, 5) is 9.32. The van der Waals surface area contributed by atoms with Crippen molar-refractivity contribution in [3.8, 4) is 5.75 Å². The Hall–Kier alpha value is -2.20. The van der Waals surface area contributed by atoms with Gasteiger partial charge in [-0.1, -0.05) is 12.1 Å². The summed E-state index contributed by atoms with van der Waals surface area (Å²) in [6.45, 7) is 6.26. The molecule has 8 nitrogen and oxygen atoms in total. The minimum Gasteiger partial charge on any atom is -0.496 e. The summed E-state index contributed by atoms with van der Waals surface area (Å²) in [5.41, 5.74) is 0.611. The number of rotatable bonds is 6. The fourth-order valence-electron chi connectivity index (χ4n) is 4.47. The highest BCUT2D eigenvalue weighted by atomic mass is 32.2. The van der Waals surface area contributed by atoms with Crippen LogP contribution in [0.3, 0.4) is 0 Å². The van der Waals surface area contributed by atoms with E-state index in [9.17, 15) is 8.42 Å². The van der Waals surface area contributed by atoms with E-state index in [1.807, 2.05) is 24.4 Å². The number of aromatic nitrogens is 1. The molecule has 2 aromatic rings. The molecular weight excluding hydrogens is 416 g/mol. The van der Waals surface area contributed by atoms with E-state index in [1.165, 1.54) is 0 Å². The van der Waals surface area contributed by atoms with Gasteiger partial charge in [-0.15, -0.1) is 0 Å². The first-order valence-electron chi connectivity index (χ1n) is 10.6. The van der Waals surface area contributed by atoms with Gasteiger partial charge in [-0.3, -0.25) is 4.90 Å². The number of fused-ring (bicyclic) bond motifs is 1. The average molecular weight is 447 g/mol. The maximum absolute atomic E-state index is 13.4. The average Bonchev–Trinajstić information content (AvgIpc) is 2.81. The lowest BCUT2D eigenvalue weighted by molar-refractivity contribution is 0.0678. The molecule has 1 aromatic carbocycles. The van der Waals surface area contributed by atoms with Crippen molar-refractivity contribution in [2.24, 2.45) is 0 Å². The SMILES string of the molecule is COc1cccc2c1C(OC)CN(CC(C)N1CCN(c3ccccn3)CC1)S2(=O)=O. The first-order valence-corrected chi connectivity index (χ1v) is 12.0. The lowest BCUT2D eigenvalue weighted by Crippen LogP contribution is -2.54. The molecule has 1 fully saturated rings. The number of pyridine rings is 1.